The Morgan fingerprint density at radius 3 is 2.27 bits per heavy atom. The summed E-state index contributed by atoms with van der Waals surface area (Å²) in [6.07, 6.45) is 1.07. The second-order valence-corrected chi connectivity index (χ2v) is 5.59. The summed E-state index contributed by atoms with van der Waals surface area (Å²) >= 11 is 0. The number of benzene rings is 1. The largest absolute Gasteiger partial charge is 0.497 e. The third-order valence-electron chi connectivity index (χ3n) is 3.86. The average molecular weight is 478 g/mol. The maximum atomic E-state index is 5.71. The monoisotopic (exact) mass is 478 g/mol. The van der Waals surface area contributed by atoms with Crippen molar-refractivity contribution in [3.63, 3.8) is 0 Å². The minimum Gasteiger partial charge on any atom is -0.497 e. The fourth-order valence-corrected chi connectivity index (χ4v) is 2.38. The van der Waals surface area contributed by atoms with Crippen LogP contribution in [-0.4, -0.2) is 63.8 Å². The lowest BCUT2D eigenvalue weighted by Gasteiger charge is -2.17. The minimum atomic E-state index is 0. The average Bonchev–Trinajstić information content (AvgIpc) is 2.65. The second-order valence-electron chi connectivity index (χ2n) is 5.59. The van der Waals surface area contributed by atoms with Crippen molar-refractivity contribution < 1.29 is 9.47 Å². The molecule has 0 radical (unpaired) electrons. The Labute approximate surface area is 175 Å². The van der Waals surface area contributed by atoms with Crippen LogP contribution >= 0.6 is 24.0 Å². The van der Waals surface area contributed by atoms with Crippen molar-refractivity contribution in [2.75, 3.05) is 53.0 Å². The Balaban J connectivity index is 0.00000625. The zero-order chi connectivity index (χ0) is 18.3. The summed E-state index contributed by atoms with van der Waals surface area (Å²) in [6.45, 7) is 12.7. The van der Waals surface area contributed by atoms with Crippen LogP contribution in [0.3, 0.4) is 0 Å². The van der Waals surface area contributed by atoms with Gasteiger partial charge in [-0.2, -0.15) is 0 Å². The predicted molar refractivity (Wildman–Crippen MR) is 120 cm³/mol. The van der Waals surface area contributed by atoms with Crippen LogP contribution in [0.15, 0.2) is 29.3 Å². The van der Waals surface area contributed by atoms with E-state index in [9.17, 15) is 0 Å². The molecular formula is C19H35IN4O2. The van der Waals surface area contributed by atoms with E-state index in [1.165, 1.54) is 0 Å². The van der Waals surface area contributed by atoms with Crippen LogP contribution in [0.4, 0.5) is 0 Å². The molecule has 1 aromatic carbocycles. The molecule has 0 heterocycles. The van der Waals surface area contributed by atoms with Crippen molar-refractivity contribution >= 4 is 29.9 Å². The van der Waals surface area contributed by atoms with E-state index in [-0.39, 0.29) is 24.0 Å². The van der Waals surface area contributed by atoms with E-state index in [1.807, 2.05) is 24.3 Å². The molecule has 0 aliphatic carbocycles. The molecule has 0 amide bonds. The van der Waals surface area contributed by atoms with E-state index in [4.69, 9.17) is 9.47 Å². The van der Waals surface area contributed by atoms with E-state index in [0.717, 1.165) is 56.6 Å². The lowest BCUT2D eigenvalue weighted by Crippen LogP contribution is -2.39. The van der Waals surface area contributed by atoms with E-state index < -0.39 is 0 Å². The first-order valence-corrected chi connectivity index (χ1v) is 9.24. The fraction of sp³-hybridized carbons (Fsp3) is 0.632. The van der Waals surface area contributed by atoms with Crippen molar-refractivity contribution in [3.05, 3.63) is 24.3 Å². The summed E-state index contributed by atoms with van der Waals surface area (Å²) in [5.74, 6) is 2.51. The molecule has 0 fully saturated rings. The van der Waals surface area contributed by atoms with E-state index in [0.29, 0.717) is 13.2 Å². The Bertz CT molecular complexity index is 479. The molecule has 0 unspecified atom stereocenters. The zero-order valence-corrected chi connectivity index (χ0v) is 18.9. The molecule has 0 aromatic heterocycles. The fourth-order valence-electron chi connectivity index (χ4n) is 2.38. The summed E-state index contributed by atoms with van der Waals surface area (Å²) in [5.41, 5.74) is 0. The highest BCUT2D eigenvalue weighted by Gasteiger charge is 2.00. The summed E-state index contributed by atoms with van der Waals surface area (Å²) in [4.78, 5) is 7.03. The maximum Gasteiger partial charge on any atom is 0.191 e. The van der Waals surface area contributed by atoms with Gasteiger partial charge in [-0.15, -0.1) is 24.0 Å². The van der Waals surface area contributed by atoms with E-state index in [1.54, 1.807) is 7.11 Å². The van der Waals surface area contributed by atoms with Gasteiger partial charge in [-0.05, 0) is 57.2 Å². The van der Waals surface area contributed by atoms with Gasteiger partial charge < -0.3 is 25.0 Å². The second kappa shape index (κ2) is 16.0. The number of nitrogens with one attached hydrogen (secondary N) is 2. The quantitative estimate of drug-likeness (QED) is 0.210. The number of aliphatic imine (C=N–C) groups is 1. The first-order valence-electron chi connectivity index (χ1n) is 9.24. The number of nitrogens with zero attached hydrogens (tertiary/aromatic N) is 2. The summed E-state index contributed by atoms with van der Waals surface area (Å²) in [7, 11) is 1.66. The summed E-state index contributed by atoms with van der Waals surface area (Å²) in [6, 6.07) is 7.60. The highest BCUT2D eigenvalue weighted by atomic mass is 127. The molecule has 7 heteroatoms. The van der Waals surface area contributed by atoms with Gasteiger partial charge in [0.2, 0.25) is 0 Å². The molecule has 0 bridgehead atoms. The Morgan fingerprint density at radius 1 is 1.04 bits per heavy atom. The molecule has 6 nitrogen and oxygen atoms in total. The normalized spacial score (nSPS) is 11.0. The van der Waals surface area contributed by atoms with Gasteiger partial charge in [0, 0.05) is 13.1 Å². The predicted octanol–water partition coefficient (Wildman–Crippen LogP) is 2.98. The van der Waals surface area contributed by atoms with Crippen LogP contribution < -0.4 is 20.1 Å². The third-order valence-corrected chi connectivity index (χ3v) is 3.86. The Hall–Kier alpha value is -1.22. The van der Waals surface area contributed by atoms with Gasteiger partial charge in [-0.25, -0.2) is 0 Å². The molecule has 0 saturated carbocycles. The SMILES string of the molecule is CCNC(=NCCCN(CC)CC)NCCOc1ccc(OC)cc1.I. The van der Waals surface area contributed by atoms with Crippen LogP contribution in [0.2, 0.25) is 0 Å². The lowest BCUT2D eigenvalue weighted by atomic mass is 10.3. The molecule has 1 rings (SSSR count). The van der Waals surface area contributed by atoms with Gasteiger partial charge in [-0.3, -0.25) is 4.99 Å². The smallest absolute Gasteiger partial charge is 0.191 e. The number of methoxy groups -OCH3 is 1. The van der Waals surface area contributed by atoms with Crippen molar-refractivity contribution in [1.29, 1.82) is 0 Å². The van der Waals surface area contributed by atoms with Crippen molar-refractivity contribution in [2.24, 2.45) is 4.99 Å². The van der Waals surface area contributed by atoms with E-state index >= 15 is 0 Å². The third kappa shape index (κ3) is 10.7. The van der Waals surface area contributed by atoms with Gasteiger partial charge in [0.1, 0.15) is 18.1 Å². The van der Waals surface area contributed by atoms with E-state index in [2.05, 4.69) is 41.3 Å². The van der Waals surface area contributed by atoms with Gasteiger partial charge >= 0.3 is 0 Å². The number of guanidine groups is 1. The van der Waals surface area contributed by atoms with Crippen molar-refractivity contribution in [2.45, 2.75) is 27.2 Å². The number of halogens is 1. The number of rotatable bonds is 12. The summed E-state index contributed by atoms with van der Waals surface area (Å²) in [5, 5.41) is 6.57. The van der Waals surface area contributed by atoms with Gasteiger partial charge in [0.15, 0.2) is 5.96 Å². The van der Waals surface area contributed by atoms with Crippen LogP contribution in [0.25, 0.3) is 0 Å². The Morgan fingerprint density at radius 2 is 1.69 bits per heavy atom. The van der Waals surface area contributed by atoms with Gasteiger partial charge in [0.05, 0.1) is 13.7 Å². The first kappa shape index (κ1) is 24.8. The molecular weight excluding hydrogens is 443 g/mol. The molecule has 0 saturated heterocycles. The lowest BCUT2D eigenvalue weighted by molar-refractivity contribution is 0.301. The first-order chi connectivity index (χ1) is 12.2. The zero-order valence-electron chi connectivity index (χ0n) is 16.6. The van der Waals surface area contributed by atoms with Gasteiger partial charge in [-0.1, -0.05) is 13.8 Å². The van der Waals surface area contributed by atoms with Crippen LogP contribution in [-0.2, 0) is 0 Å². The van der Waals surface area contributed by atoms with Crippen LogP contribution in [0, 0.1) is 0 Å². The molecule has 0 aliphatic heterocycles. The molecule has 150 valence electrons. The van der Waals surface area contributed by atoms with Gasteiger partial charge in [0.25, 0.3) is 0 Å². The molecule has 0 aliphatic rings. The topological polar surface area (TPSA) is 58.1 Å². The minimum absolute atomic E-state index is 0. The standard InChI is InChI=1S/C19H34N4O2.HI/c1-5-20-19(21-13-8-15-23(6-2)7-3)22-14-16-25-18-11-9-17(24-4)10-12-18;/h9-12H,5-8,13-16H2,1-4H3,(H2,20,21,22);1H. The number of ether oxygens (including phenoxy) is 2. The highest BCUT2D eigenvalue weighted by Crippen LogP contribution is 2.16. The van der Waals surface area contributed by atoms with Crippen molar-refractivity contribution in [3.8, 4) is 11.5 Å². The molecule has 26 heavy (non-hydrogen) atoms. The van der Waals surface area contributed by atoms with Crippen molar-refractivity contribution in [1.82, 2.24) is 15.5 Å². The molecule has 2 N–H and O–H groups in total. The number of hydrogen-bond acceptors (Lipinski definition) is 4. The van der Waals surface area contributed by atoms with Crippen LogP contribution in [0.1, 0.15) is 27.2 Å². The maximum absolute atomic E-state index is 5.71. The molecule has 0 atom stereocenters. The summed E-state index contributed by atoms with van der Waals surface area (Å²) < 4.78 is 10.8. The van der Waals surface area contributed by atoms with Crippen LogP contribution in [0.5, 0.6) is 11.5 Å². The molecule has 0 spiro atoms. The highest BCUT2D eigenvalue weighted by molar-refractivity contribution is 14.0. The molecule has 1 aromatic rings. The number of hydrogen-bond donors (Lipinski definition) is 2. The Kier molecular flexibility index (Phi) is 15.2.